The fourth-order valence-electron chi connectivity index (χ4n) is 1.87. The molecule has 0 saturated carbocycles. The number of hydrogen-bond donors (Lipinski definition) is 1. The van der Waals surface area contributed by atoms with Crippen LogP contribution in [0.4, 0.5) is 4.39 Å². The highest BCUT2D eigenvalue weighted by atomic mass is 19.1. The SMILES string of the molecule is Cc1ccc(-c2cc(CN)ccc2C)cc1F. The summed E-state index contributed by atoms with van der Waals surface area (Å²) in [6.45, 7) is 4.29. The van der Waals surface area contributed by atoms with E-state index in [1.807, 2.05) is 31.2 Å². The van der Waals surface area contributed by atoms with Crippen LogP contribution in [0.3, 0.4) is 0 Å². The van der Waals surface area contributed by atoms with Crippen LogP contribution in [0.5, 0.6) is 0 Å². The molecular weight excluding hydrogens is 213 g/mol. The van der Waals surface area contributed by atoms with Gasteiger partial charge in [0.25, 0.3) is 0 Å². The van der Waals surface area contributed by atoms with Crippen molar-refractivity contribution in [3.05, 3.63) is 58.9 Å². The van der Waals surface area contributed by atoms with Crippen LogP contribution < -0.4 is 5.73 Å². The van der Waals surface area contributed by atoms with Crippen LogP contribution in [0.25, 0.3) is 11.1 Å². The van der Waals surface area contributed by atoms with Crippen LogP contribution in [-0.4, -0.2) is 0 Å². The van der Waals surface area contributed by atoms with Gasteiger partial charge in [0.15, 0.2) is 0 Å². The standard InChI is InChI=1S/C15H16FN/c1-10-3-5-12(9-17)7-14(10)13-6-4-11(2)15(16)8-13/h3-8H,9,17H2,1-2H3. The maximum atomic E-state index is 13.6. The Balaban J connectivity index is 2.55. The Kier molecular flexibility index (Phi) is 3.25. The second-order valence-electron chi connectivity index (χ2n) is 4.32. The van der Waals surface area contributed by atoms with E-state index in [1.54, 1.807) is 19.1 Å². The molecule has 0 atom stereocenters. The molecule has 0 aliphatic heterocycles. The van der Waals surface area contributed by atoms with Gasteiger partial charge in [-0.25, -0.2) is 4.39 Å². The van der Waals surface area contributed by atoms with Gasteiger partial charge in [0.1, 0.15) is 5.82 Å². The second-order valence-corrected chi connectivity index (χ2v) is 4.32. The summed E-state index contributed by atoms with van der Waals surface area (Å²) in [5, 5.41) is 0. The molecule has 0 bridgehead atoms. The van der Waals surface area contributed by atoms with Gasteiger partial charge in [0.05, 0.1) is 0 Å². The van der Waals surface area contributed by atoms with Crippen molar-refractivity contribution in [3.63, 3.8) is 0 Å². The number of hydrogen-bond acceptors (Lipinski definition) is 1. The smallest absolute Gasteiger partial charge is 0.126 e. The van der Waals surface area contributed by atoms with Gasteiger partial charge in [-0.05, 0) is 53.8 Å². The lowest BCUT2D eigenvalue weighted by atomic mass is 9.97. The van der Waals surface area contributed by atoms with Crippen molar-refractivity contribution >= 4 is 0 Å². The second kappa shape index (κ2) is 4.68. The average molecular weight is 229 g/mol. The van der Waals surface area contributed by atoms with Crippen molar-refractivity contribution < 1.29 is 4.39 Å². The van der Waals surface area contributed by atoms with E-state index in [9.17, 15) is 4.39 Å². The van der Waals surface area contributed by atoms with Gasteiger partial charge < -0.3 is 5.73 Å². The largest absolute Gasteiger partial charge is 0.326 e. The molecule has 2 rings (SSSR count). The van der Waals surface area contributed by atoms with E-state index in [4.69, 9.17) is 5.73 Å². The molecule has 0 fully saturated rings. The molecule has 0 spiro atoms. The van der Waals surface area contributed by atoms with E-state index in [1.165, 1.54) is 0 Å². The first kappa shape index (κ1) is 11.8. The van der Waals surface area contributed by atoms with E-state index >= 15 is 0 Å². The molecule has 0 heterocycles. The molecule has 2 aromatic rings. The van der Waals surface area contributed by atoms with Crippen LogP contribution in [0.15, 0.2) is 36.4 Å². The van der Waals surface area contributed by atoms with Crippen molar-refractivity contribution in [1.82, 2.24) is 0 Å². The number of halogens is 1. The Labute approximate surface area is 101 Å². The van der Waals surface area contributed by atoms with E-state index in [-0.39, 0.29) is 5.82 Å². The number of benzene rings is 2. The van der Waals surface area contributed by atoms with Gasteiger partial charge >= 0.3 is 0 Å². The van der Waals surface area contributed by atoms with Crippen molar-refractivity contribution in [2.75, 3.05) is 0 Å². The lowest BCUT2D eigenvalue weighted by Crippen LogP contribution is -1.97. The molecule has 0 aliphatic rings. The third kappa shape index (κ3) is 2.37. The molecule has 0 aromatic heterocycles. The normalized spacial score (nSPS) is 10.6. The maximum Gasteiger partial charge on any atom is 0.126 e. The lowest BCUT2D eigenvalue weighted by molar-refractivity contribution is 0.619. The Morgan fingerprint density at radius 3 is 2.35 bits per heavy atom. The number of aryl methyl sites for hydroxylation is 2. The maximum absolute atomic E-state index is 13.6. The van der Waals surface area contributed by atoms with E-state index in [0.29, 0.717) is 12.1 Å². The molecular formula is C15H16FN. The van der Waals surface area contributed by atoms with E-state index < -0.39 is 0 Å². The van der Waals surface area contributed by atoms with Crippen molar-refractivity contribution in [2.24, 2.45) is 5.73 Å². The molecule has 2 N–H and O–H groups in total. The van der Waals surface area contributed by atoms with Crippen LogP contribution in [0.2, 0.25) is 0 Å². The molecule has 88 valence electrons. The summed E-state index contributed by atoms with van der Waals surface area (Å²) >= 11 is 0. The van der Waals surface area contributed by atoms with E-state index in [2.05, 4.69) is 0 Å². The quantitative estimate of drug-likeness (QED) is 0.837. The first-order chi connectivity index (χ1) is 8.11. The summed E-state index contributed by atoms with van der Waals surface area (Å²) in [6, 6.07) is 11.4. The summed E-state index contributed by atoms with van der Waals surface area (Å²) in [4.78, 5) is 0. The number of nitrogens with two attached hydrogens (primary N) is 1. The molecule has 0 aliphatic carbocycles. The van der Waals surface area contributed by atoms with Gasteiger partial charge in [-0.1, -0.05) is 24.3 Å². The topological polar surface area (TPSA) is 26.0 Å². The third-order valence-electron chi connectivity index (χ3n) is 3.02. The Hall–Kier alpha value is -1.67. The summed E-state index contributed by atoms with van der Waals surface area (Å²) in [5.41, 5.74) is 10.4. The highest BCUT2D eigenvalue weighted by Crippen LogP contribution is 2.26. The van der Waals surface area contributed by atoms with Crippen molar-refractivity contribution in [2.45, 2.75) is 20.4 Å². The van der Waals surface area contributed by atoms with Gasteiger partial charge in [0.2, 0.25) is 0 Å². The first-order valence-electron chi connectivity index (χ1n) is 5.68. The number of rotatable bonds is 2. The average Bonchev–Trinajstić information content (AvgIpc) is 2.33. The zero-order chi connectivity index (χ0) is 12.4. The molecule has 1 nitrogen and oxygen atoms in total. The highest BCUT2D eigenvalue weighted by Gasteiger charge is 2.05. The van der Waals surface area contributed by atoms with Gasteiger partial charge in [-0.3, -0.25) is 0 Å². The van der Waals surface area contributed by atoms with Crippen LogP contribution in [0.1, 0.15) is 16.7 Å². The fraction of sp³-hybridized carbons (Fsp3) is 0.200. The molecule has 0 radical (unpaired) electrons. The Morgan fingerprint density at radius 2 is 1.71 bits per heavy atom. The minimum Gasteiger partial charge on any atom is -0.326 e. The fourth-order valence-corrected chi connectivity index (χ4v) is 1.87. The van der Waals surface area contributed by atoms with Crippen LogP contribution in [-0.2, 0) is 6.54 Å². The molecule has 2 aromatic carbocycles. The monoisotopic (exact) mass is 229 g/mol. The predicted octanol–water partition coefficient (Wildman–Crippen LogP) is 3.57. The molecule has 0 amide bonds. The first-order valence-corrected chi connectivity index (χ1v) is 5.68. The molecule has 17 heavy (non-hydrogen) atoms. The predicted molar refractivity (Wildman–Crippen MR) is 69.2 cm³/mol. The minimum atomic E-state index is -0.167. The Morgan fingerprint density at radius 1 is 1.00 bits per heavy atom. The summed E-state index contributed by atoms with van der Waals surface area (Å²) in [5.74, 6) is -0.167. The van der Waals surface area contributed by atoms with E-state index in [0.717, 1.165) is 22.3 Å². The highest BCUT2D eigenvalue weighted by molar-refractivity contribution is 5.68. The van der Waals surface area contributed by atoms with Crippen molar-refractivity contribution in [3.8, 4) is 11.1 Å². The lowest BCUT2D eigenvalue weighted by Gasteiger charge is -2.09. The molecule has 0 saturated heterocycles. The zero-order valence-corrected chi connectivity index (χ0v) is 10.1. The van der Waals surface area contributed by atoms with Crippen molar-refractivity contribution in [1.29, 1.82) is 0 Å². The van der Waals surface area contributed by atoms with Crippen LogP contribution >= 0.6 is 0 Å². The molecule has 2 heteroatoms. The summed E-state index contributed by atoms with van der Waals surface area (Å²) < 4.78 is 13.6. The van der Waals surface area contributed by atoms with Gasteiger partial charge in [-0.15, -0.1) is 0 Å². The van der Waals surface area contributed by atoms with Gasteiger partial charge in [-0.2, -0.15) is 0 Å². The molecule has 0 unspecified atom stereocenters. The van der Waals surface area contributed by atoms with Crippen LogP contribution in [0, 0.1) is 19.7 Å². The zero-order valence-electron chi connectivity index (χ0n) is 10.1. The van der Waals surface area contributed by atoms with Gasteiger partial charge in [0, 0.05) is 6.54 Å². The third-order valence-corrected chi connectivity index (χ3v) is 3.02. The summed E-state index contributed by atoms with van der Waals surface area (Å²) in [6.07, 6.45) is 0. The summed E-state index contributed by atoms with van der Waals surface area (Å²) in [7, 11) is 0. The Bertz CT molecular complexity index is 547. The minimum absolute atomic E-state index is 0.167.